The second-order valence-corrected chi connectivity index (χ2v) is 4.84. The molecule has 0 radical (unpaired) electrons. The monoisotopic (exact) mass is 355 g/mol. The van der Waals surface area contributed by atoms with Crippen LogP contribution in [0.4, 0.5) is 0 Å². The molecule has 0 bridgehead atoms. The van der Waals surface area contributed by atoms with Crippen molar-refractivity contribution in [1.29, 1.82) is 0 Å². The summed E-state index contributed by atoms with van der Waals surface area (Å²) in [5, 5.41) is 3.39. The van der Waals surface area contributed by atoms with Gasteiger partial charge in [0.05, 0.1) is 0 Å². The number of pyridine rings is 1. The van der Waals surface area contributed by atoms with Gasteiger partial charge in [0.15, 0.2) is 0 Å². The van der Waals surface area contributed by atoms with E-state index < -0.39 is 0 Å². The number of piperazine rings is 1. The van der Waals surface area contributed by atoms with Gasteiger partial charge in [-0.05, 0) is 28.4 Å². The highest BCUT2D eigenvalue weighted by atomic mass is 79.9. The third-order valence-electron chi connectivity index (χ3n) is 3.13. The van der Waals surface area contributed by atoms with Crippen molar-refractivity contribution in [2.24, 2.45) is 0 Å². The van der Waals surface area contributed by atoms with Crippen molar-refractivity contribution in [3.63, 3.8) is 0 Å². The van der Waals surface area contributed by atoms with Gasteiger partial charge < -0.3 is 5.32 Å². The summed E-state index contributed by atoms with van der Waals surface area (Å²) < 4.78 is 0.986. The highest BCUT2D eigenvalue weighted by Gasteiger charge is 2.22. The topological polar surface area (TPSA) is 28.2 Å². The van der Waals surface area contributed by atoms with Crippen molar-refractivity contribution < 1.29 is 0 Å². The van der Waals surface area contributed by atoms with Crippen LogP contribution < -0.4 is 5.32 Å². The molecule has 1 aliphatic heterocycles. The standard InChI is InChI=1S/C12H18BrN3.2ClH/c1-2-11(16-8-6-14-7-9-16)10-4-3-5-15-12(10)13;;/h3-5,11,14H,2,6-9H2,1H3;2*1H/t11-;;/m1../s1. The van der Waals surface area contributed by atoms with E-state index in [0.717, 1.165) is 37.2 Å². The lowest BCUT2D eigenvalue weighted by atomic mass is 10.0. The van der Waals surface area contributed by atoms with Crippen molar-refractivity contribution in [2.45, 2.75) is 19.4 Å². The lowest BCUT2D eigenvalue weighted by molar-refractivity contribution is 0.168. The molecule has 1 fully saturated rings. The molecule has 3 nitrogen and oxygen atoms in total. The Morgan fingerprint density at radius 1 is 1.39 bits per heavy atom. The molecular formula is C12H20BrCl2N3. The first-order chi connectivity index (χ1) is 7.83. The van der Waals surface area contributed by atoms with Gasteiger partial charge in [-0.25, -0.2) is 4.98 Å². The predicted octanol–water partition coefficient (Wildman–Crippen LogP) is 3.04. The number of hydrogen-bond acceptors (Lipinski definition) is 3. The van der Waals surface area contributed by atoms with Crippen molar-refractivity contribution in [2.75, 3.05) is 26.2 Å². The fourth-order valence-electron chi connectivity index (χ4n) is 2.32. The first-order valence-electron chi connectivity index (χ1n) is 5.88. The van der Waals surface area contributed by atoms with Crippen LogP contribution in [0.25, 0.3) is 0 Å². The Morgan fingerprint density at radius 3 is 2.61 bits per heavy atom. The Hall–Kier alpha value is 0.130. The summed E-state index contributed by atoms with van der Waals surface area (Å²) in [6.07, 6.45) is 2.96. The van der Waals surface area contributed by atoms with Crippen LogP contribution in [-0.4, -0.2) is 36.1 Å². The molecule has 2 rings (SSSR count). The van der Waals surface area contributed by atoms with E-state index in [-0.39, 0.29) is 24.8 Å². The number of nitrogens with one attached hydrogen (secondary N) is 1. The number of hydrogen-bond donors (Lipinski definition) is 1. The minimum atomic E-state index is 0. The molecule has 1 aromatic heterocycles. The Morgan fingerprint density at radius 2 is 2.06 bits per heavy atom. The molecule has 0 aromatic carbocycles. The van der Waals surface area contributed by atoms with Gasteiger partial charge in [-0.3, -0.25) is 4.90 Å². The highest BCUT2D eigenvalue weighted by molar-refractivity contribution is 9.10. The summed E-state index contributed by atoms with van der Waals surface area (Å²) in [6, 6.07) is 4.68. The zero-order valence-electron chi connectivity index (χ0n) is 10.4. The summed E-state index contributed by atoms with van der Waals surface area (Å²) in [5.74, 6) is 0. The van der Waals surface area contributed by atoms with E-state index >= 15 is 0 Å². The largest absolute Gasteiger partial charge is 0.314 e. The van der Waals surface area contributed by atoms with E-state index in [1.807, 2.05) is 12.3 Å². The number of halogens is 3. The minimum Gasteiger partial charge on any atom is -0.314 e. The van der Waals surface area contributed by atoms with E-state index in [9.17, 15) is 0 Å². The lowest BCUT2D eigenvalue weighted by Gasteiger charge is -2.34. The van der Waals surface area contributed by atoms with Crippen molar-refractivity contribution in [3.8, 4) is 0 Å². The molecule has 6 heteroatoms. The molecule has 0 aliphatic carbocycles. The quantitative estimate of drug-likeness (QED) is 0.843. The minimum absolute atomic E-state index is 0. The SMILES string of the molecule is CC[C@H](c1cccnc1Br)N1CCNCC1.Cl.Cl. The molecule has 2 heterocycles. The van der Waals surface area contributed by atoms with E-state index in [4.69, 9.17) is 0 Å². The molecule has 1 atom stereocenters. The van der Waals surface area contributed by atoms with Crippen molar-refractivity contribution >= 4 is 40.7 Å². The maximum absolute atomic E-state index is 4.32. The fourth-order valence-corrected chi connectivity index (χ4v) is 2.83. The predicted molar refractivity (Wildman–Crippen MR) is 83.9 cm³/mol. The van der Waals surface area contributed by atoms with E-state index in [2.05, 4.69) is 44.1 Å². The summed E-state index contributed by atoms with van der Waals surface area (Å²) >= 11 is 3.55. The average Bonchev–Trinajstić information content (AvgIpc) is 2.34. The van der Waals surface area contributed by atoms with Crippen LogP contribution in [0.3, 0.4) is 0 Å². The van der Waals surface area contributed by atoms with Crippen LogP contribution >= 0.6 is 40.7 Å². The van der Waals surface area contributed by atoms with Crippen molar-refractivity contribution in [3.05, 3.63) is 28.5 Å². The van der Waals surface area contributed by atoms with Crippen LogP contribution in [0.15, 0.2) is 22.9 Å². The third-order valence-corrected chi connectivity index (χ3v) is 3.79. The summed E-state index contributed by atoms with van der Waals surface area (Å²) in [7, 11) is 0. The molecule has 1 saturated heterocycles. The summed E-state index contributed by atoms with van der Waals surface area (Å²) in [4.78, 5) is 6.86. The van der Waals surface area contributed by atoms with Gasteiger partial charge in [-0.2, -0.15) is 0 Å². The third kappa shape index (κ3) is 4.35. The van der Waals surface area contributed by atoms with Gasteiger partial charge >= 0.3 is 0 Å². The van der Waals surface area contributed by atoms with Gasteiger partial charge in [0.1, 0.15) is 4.60 Å². The van der Waals surface area contributed by atoms with Gasteiger partial charge in [-0.1, -0.05) is 13.0 Å². The summed E-state index contributed by atoms with van der Waals surface area (Å²) in [5.41, 5.74) is 1.31. The maximum Gasteiger partial charge on any atom is 0.110 e. The Balaban J connectivity index is 0.00000144. The van der Waals surface area contributed by atoms with Crippen LogP contribution in [-0.2, 0) is 0 Å². The first-order valence-corrected chi connectivity index (χ1v) is 6.67. The second-order valence-electron chi connectivity index (χ2n) is 4.09. The molecule has 18 heavy (non-hydrogen) atoms. The number of aromatic nitrogens is 1. The molecule has 1 N–H and O–H groups in total. The molecule has 0 unspecified atom stereocenters. The lowest BCUT2D eigenvalue weighted by Crippen LogP contribution is -2.45. The zero-order valence-corrected chi connectivity index (χ0v) is 13.7. The average molecular weight is 357 g/mol. The molecule has 1 aromatic rings. The Bertz CT molecular complexity index is 346. The van der Waals surface area contributed by atoms with Crippen molar-refractivity contribution in [1.82, 2.24) is 15.2 Å². The molecule has 0 spiro atoms. The Kier molecular flexibility index (Phi) is 9.17. The van der Waals surface area contributed by atoms with Gasteiger partial charge in [-0.15, -0.1) is 24.8 Å². The van der Waals surface area contributed by atoms with Crippen LogP contribution in [0.5, 0.6) is 0 Å². The molecule has 104 valence electrons. The number of nitrogens with zero attached hydrogens (tertiary/aromatic N) is 2. The van der Waals surface area contributed by atoms with Gasteiger partial charge in [0.25, 0.3) is 0 Å². The van der Waals surface area contributed by atoms with Gasteiger partial charge in [0.2, 0.25) is 0 Å². The zero-order chi connectivity index (χ0) is 11.4. The first kappa shape index (κ1) is 18.1. The second kappa shape index (κ2) is 9.10. The Labute approximate surface area is 130 Å². The molecule has 0 amide bonds. The molecular weight excluding hydrogens is 337 g/mol. The van der Waals surface area contributed by atoms with E-state index in [0.29, 0.717) is 6.04 Å². The smallest absolute Gasteiger partial charge is 0.110 e. The fraction of sp³-hybridized carbons (Fsp3) is 0.583. The van der Waals surface area contributed by atoms with Crippen LogP contribution in [0.1, 0.15) is 24.9 Å². The normalized spacial score (nSPS) is 17.4. The van der Waals surface area contributed by atoms with E-state index in [1.54, 1.807) is 0 Å². The van der Waals surface area contributed by atoms with Gasteiger partial charge in [0, 0.05) is 44.0 Å². The summed E-state index contributed by atoms with van der Waals surface area (Å²) in [6.45, 7) is 6.68. The highest BCUT2D eigenvalue weighted by Crippen LogP contribution is 2.28. The maximum atomic E-state index is 4.32. The molecule has 0 saturated carbocycles. The number of rotatable bonds is 3. The molecule has 1 aliphatic rings. The van der Waals surface area contributed by atoms with E-state index in [1.165, 1.54) is 5.56 Å². The van der Waals surface area contributed by atoms with Crippen LogP contribution in [0.2, 0.25) is 0 Å². The van der Waals surface area contributed by atoms with Crippen LogP contribution in [0, 0.1) is 0 Å².